The number of nitrogens with one attached hydrogen (secondary N) is 2. The number of fused-ring (bicyclic) bond motifs is 1. The maximum atomic E-state index is 6.94. The molecule has 190 valence electrons. The number of allylic oxidation sites excluding steroid dienone is 4. The molecule has 0 aliphatic heterocycles. The summed E-state index contributed by atoms with van der Waals surface area (Å²) < 4.78 is 0. The van der Waals surface area contributed by atoms with E-state index in [1.165, 1.54) is 16.7 Å². The van der Waals surface area contributed by atoms with Gasteiger partial charge in [0, 0.05) is 8.80 Å². The number of benzene rings is 2. The maximum absolute atomic E-state index is 6.94. The third-order valence-electron chi connectivity index (χ3n) is 4.42. The number of hydrogen-bond acceptors (Lipinski definition) is 0. The maximum Gasteiger partial charge on any atom is 2.00 e. The van der Waals surface area contributed by atoms with E-state index in [0.29, 0.717) is 0 Å². The SMILES string of the molecule is C=CC=CC.CC(C)(C)[NH-].CC(C)(C)[NH-].CC1=Cc2c(-c3ccccc3)cccc2C1[SiH](C)C.[Ti+2]. The van der Waals surface area contributed by atoms with E-state index in [-0.39, 0.29) is 32.8 Å². The fourth-order valence-corrected chi connectivity index (χ4v) is 5.63. The Labute approximate surface area is 233 Å². The fraction of sp³-hybridized carbons (Fsp3) is 0.419. The summed E-state index contributed by atoms with van der Waals surface area (Å²) in [6, 6.07) is 17.5. The fourth-order valence-electron chi connectivity index (χ4n) is 3.47. The van der Waals surface area contributed by atoms with E-state index in [1.807, 2.05) is 60.6 Å². The van der Waals surface area contributed by atoms with Crippen LogP contribution in [0, 0.1) is 0 Å². The third kappa shape index (κ3) is 16.7. The van der Waals surface area contributed by atoms with E-state index in [9.17, 15) is 0 Å². The van der Waals surface area contributed by atoms with Crippen molar-refractivity contribution < 1.29 is 21.7 Å². The smallest absolute Gasteiger partial charge is 0.673 e. The largest absolute Gasteiger partial charge is 2.00 e. The van der Waals surface area contributed by atoms with Gasteiger partial charge in [0.15, 0.2) is 0 Å². The quantitative estimate of drug-likeness (QED) is 0.283. The molecule has 0 heterocycles. The van der Waals surface area contributed by atoms with Crippen LogP contribution in [0.3, 0.4) is 0 Å². The molecule has 0 radical (unpaired) electrons. The van der Waals surface area contributed by atoms with E-state index in [1.54, 1.807) is 17.2 Å². The Morgan fingerprint density at radius 1 is 0.857 bits per heavy atom. The molecule has 4 heteroatoms. The first-order valence-corrected chi connectivity index (χ1v) is 15.2. The van der Waals surface area contributed by atoms with Gasteiger partial charge in [-0.15, -0.1) is 11.1 Å². The van der Waals surface area contributed by atoms with Crippen LogP contribution >= 0.6 is 0 Å². The molecule has 1 atom stereocenters. The summed E-state index contributed by atoms with van der Waals surface area (Å²) in [5, 5.41) is 0. The third-order valence-corrected chi connectivity index (χ3v) is 6.64. The first-order chi connectivity index (χ1) is 15.6. The Morgan fingerprint density at radius 2 is 1.34 bits per heavy atom. The molecule has 0 amide bonds. The van der Waals surface area contributed by atoms with Crippen LogP contribution in [0.4, 0.5) is 0 Å². The molecule has 0 spiro atoms. The van der Waals surface area contributed by atoms with Crippen molar-refractivity contribution in [1.82, 2.24) is 0 Å². The first kappa shape index (κ1) is 35.7. The normalized spacial score (nSPS) is 14.2. The molecule has 2 aromatic rings. The van der Waals surface area contributed by atoms with Gasteiger partial charge < -0.3 is 11.5 Å². The molecule has 3 rings (SSSR count). The van der Waals surface area contributed by atoms with Crippen molar-refractivity contribution in [3.8, 4) is 11.1 Å². The van der Waals surface area contributed by atoms with E-state index in [4.69, 9.17) is 11.5 Å². The molecule has 0 saturated carbocycles. The predicted octanol–water partition coefficient (Wildman–Crippen LogP) is 10.3. The van der Waals surface area contributed by atoms with E-state index < -0.39 is 8.80 Å². The van der Waals surface area contributed by atoms with Gasteiger partial charge in [-0.2, -0.15) is 0 Å². The van der Waals surface area contributed by atoms with Gasteiger partial charge in [0.05, 0.1) is 0 Å². The van der Waals surface area contributed by atoms with Gasteiger partial charge in [0.2, 0.25) is 0 Å². The van der Waals surface area contributed by atoms with Crippen molar-refractivity contribution in [3.05, 3.63) is 102 Å². The van der Waals surface area contributed by atoms with Crippen molar-refractivity contribution in [3.63, 3.8) is 0 Å². The van der Waals surface area contributed by atoms with Gasteiger partial charge in [0.25, 0.3) is 0 Å². The van der Waals surface area contributed by atoms with Gasteiger partial charge in [-0.05, 0) is 41.6 Å². The van der Waals surface area contributed by atoms with Gasteiger partial charge in [-0.1, -0.05) is 140 Å². The molecule has 1 aliphatic rings. The zero-order valence-corrected chi connectivity index (χ0v) is 26.5. The average molecular weight is 525 g/mol. The van der Waals surface area contributed by atoms with Crippen LogP contribution in [0.1, 0.15) is 72.1 Å². The van der Waals surface area contributed by atoms with Crippen molar-refractivity contribution in [2.45, 2.75) is 85.1 Å². The molecular weight excluding hydrogens is 476 g/mol. The van der Waals surface area contributed by atoms with E-state index >= 15 is 0 Å². The molecule has 2 aromatic carbocycles. The second-order valence-corrected chi connectivity index (χ2v) is 14.2. The van der Waals surface area contributed by atoms with Crippen molar-refractivity contribution >= 4 is 14.9 Å². The predicted molar refractivity (Wildman–Crippen MR) is 160 cm³/mol. The molecule has 0 saturated heterocycles. The van der Waals surface area contributed by atoms with Crippen molar-refractivity contribution in [2.24, 2.45) is 0 Å². The molecular formula is C31H48N2SiTi. The minimum Gasteiger partial charge on any atom is -0.673 e. The Morgan fingerprint density at radius 3 is 1.71 bits per heavy atom. The second-order valence-electron chi connectivity index (χ2n) is 11.0. The van der Waals surface area contributed by atoms with Crippen molar-refractivity contribution in [2.75, 3.05) is 0 Å². The summed E-state index contributed by atoms with van der Waals surface area (Å²) in [6.07, 6.45) is 7.99. The summed E-state index contributed by atoms with van der Waals surface area (Å²) in [4.78, 5) is 0. The molecule has 0 bridgehead atoms. The molecule has 2 nitrogen and oxygen atoms in total. The summed E-state index contributed by atoms with van der Waals surface area (Å²) in [7, 11) is -0.701. The number of hydrogen-bond donors (Lipinski definition) is 0. The van der Waals surface area contributed by atoms with Crippen LogP contribution < -0.4 is 0 Å². The minimum absolute atomic E-state index is 0. The van der Waals surface area contributed by atoms with E-state index in [2.05, 4.69) is 81.2 Å². The minimum atomic E-state index is -0.701. The van der Waals surface area contributed by atoms with Crippen LogP contribution in [0.15, 0.2) is 78.9 Å². The Kier molecular flexibility index (Phi) is 17.4. The Hall–Kier alpha value is -1.49. The Balaban J connectivity index is 0. The zero-order valence-electron chi connectivity index (χ0n) is 23.8. The van der Waals surface area contributed by atoms with Crippen LogP contribution in [-0.2, 0) is 21.7 Å². The number of rotatable bonds is 3. The molecule has 35 heavy (non-hydrogen) atoms. The van der Waals surface area contributed by atoms with Gasteiger partial charge in [0.1, 0.15) is 0 Å². The van der Waals surface area contributed by atoms with Crippen LogP contribution in [-0.4, -0.2) is 19.9 Å². The summed E-state index contributed by atoms with van der Waals surface area (Å²) >= 11 is 0. The van der Waals surface area contributed by atoms with Gasteiger partial charge in [-0.3, -0.25) is 0 Å². The monoisotopic (exact) mass is 524 g/mol. The summed E-state index contributed by atoms with van der Waals surface area (Å²) in [5.74, 6) is 0. The zero-order chi connectivity index (χ0) is 26.5. The Bertz CT molecular complexity index is 893. The van der Waals surface area contributed by atoms with Crippen LogP contribution in [0.5, 0.6) is 0 Å². The molecule has 2 N–H and O–H groups in total. The summed E-state index contributed by atoms with van der Waals surface area (Å²) in [5.41, 5.74) is 21.4. The average Bonchev–Trinajstić information content (AvgIpc) is 3.03. The van der Waals surface area contributed by atoms with Crippen LogP contribution in [0.2, 0.25) is 13.1 Å². The van der Waals surface area contributed by atoms with Crippen LogP contribution in [0.25, 0.3) is 28.7 Å². The van der Waals surface area contributed by atoms with Gasteiger partial charge >= 0.3 is 21.7 Å². The summed E-state index contributed by atoms with van der Waals surface area (Å²) in [6.45, 7) is 23.7. The molecule has 0 fully saturated rings. The topological polar surface area (TPSA) is 47.6 Å². The first-order valence-electron chi connectivity index (χ1n) is 12.2. The van der Waals surface area contributed by atoms with Crippen molar-refractivity contribution in [1.29, 1.82) is 0 Å². The standard InChI is InChI=1S/C18H20Si.C5H8.2C4H10N.Ti/c1-13-12-17-15(14-8-5-4-6-9-14)10-7-11-16(17)18(13)19(2)3;1-3-5-4-2;2*1-4(2,3)5;/h4-12,18-19H,1-3H3;3-5H,1H2,2H3;2*5H,1-3H3;/q;;2*-1;+2. The van der Waals surface area contributed by atoms with E-state index in [0.717, 1.165) is 5.54 Å². The molecule has 1 unspecified atom stereocenters. The molecule has 1 aliphatic carbocycles. The second kappa shape index (κ2) is 17.1. The molecule has 0 aromatic heterocycles. The van der Waals surface area contributed by atoms with Gasteiger partial charge in [-0.25, -0.2) is 0 Å².